The summed E-state index contributed by atoms with van der Waals surface area (Å²) in [6, 6.07) is 16.3. The number of nitrogens with zero attached hydrogens (tertiary/aromatic N) is 2. The smallest absolute Gasteiger partial charge is 0.309 e. The molecular weight excluding hydrogens is 376 g/mol. The Bertz CT molecular complexity index is 841. The first-order valence-corrected chi connectivity index (χ1v) is 10.5. The fourth-order valence-corrected chi connectivity index (χ4v) is 3.62. The Morgan fingerprint density at radius 3 is 1.97 bits per heavy atom. The van der Waals surface area contributed by atoms with Gasteiger partial charge in [0, 0.05) is 39.3 Å². The minimum Gasteiger partial charge on any atom is -0.346 e. The van der Waals surface area contributed by atoms with Crippen LogP contribution < -0.4 is 10.6 Å². The van der Waals surface area contributed by atoms with Crippen molar-refractivity contribution in [3.63, 3.8) is 0 Å². The highest BCUT2D eigenvalue weighted by atomic mass is 16.2. The number of aryl methyl sites for hydroxylation is 2. The van der Waals surface area contributed by atoms with Crippen LogP contribution in [0.4, 0.5) is 0 Å². The molecule has 6 nitrogen and oxygen atoms in total. The van der Waals surface area contributed by atoms with Crippen LogP contribution in [0.2, 0.25) is 0 Å². The van der Waals surface area contributed by atoms with Crippen LogP contribution >= 0.6 is 0 Å². The van der Waals surface area contributed by atoms with Crippen LogP contribution in [-0.2, 0) is 16.1 Å². The van der Waals surface area contributed by atoms with Gasteiger partial charge in [-0.15, -0.1) is 0 Å². The van der Waals surface area contributed by atoms with Crippen LogP contribution in [0.15, 0.2) is 48.5 Å². The lowest BCUT2D eigenvalue weighted by Gasteiger charge is -2.38. The van der Waals surface area contributed by atoms with Crippen LogP contribution in [0.3, 0.4) is 0 Å². The van der Waals surface area contributed by atoms with E-state index in [2.05, 4.69) is 58.7 Å². The average molecular weight is 409 g/mol. The summed E-state index contributed by atoms with van der Waals surface area (Å²) < 4.78 is 0. The number of hydrogen-bond donors (Lipinski definition) is 2. The van der Waals surface area contributed by atoms with Gasteiger partial charge in [-0.2, -0.15) is 0 Å². The predicted molar refractivity (Wildman–Crippen MR) is 119 cm³/mol. The van der Waals surface area contributed by atoms with Crippen molar-refractivity contribution in [3.05, 3.63) is 70.8 Å². The Hall–Kier alpha value is -2.70. The first-order valence-electron chi connectivity index (χ1n) is 10.5. The lowest BCUT2D eigenvalue weighted by atomic mass is 10.0. The van der Waals surface area contributed by atoms with Crippen LogP contribution in [0, 0.1) is 13.8 Å². The molecule has 0 saturated carbocycles. The highest BCUT2D eigenvalue weighted by Gasteiger charge is 2.25. The molecule has 1 saturated heterocycles. The van der Waals surface area contributed by atoms with Crippen molar-refractivity contribution in [2.24, 2.45) is 0 Å². The summed E-state index contributed by atoms with van der Waals surface area (Å²) in [5, 5.41) is 5.55. The van der Waals surface area contributed by atoms with Gasteiger partial charge >= 0.3 is 11.8 Å². The number of piperazine rings is 1. The summed E-state index contributed by atoms with van der Waals surface area (Å²) in [6.07, 6.45) is 0. The molecule has 0 spiro atoms. The van der Waals surface area contributed by atoms with E-state index in [0.717, 1.165) is 42.9 Å². The summed E-state index contributed by atoms with van der Waals surface area (Å²) >= 11 is 0. The molecule has 1 fully saturated rings. The molecule has 1 aliphatic rings. The lowest BCUT2D eigenvalue weighted by molar-refractivity contribution is -0.139. The van der Waals surface area contributed by atoms with Crippen molar-refractivity contribution in [1.29, 1.82) is 0 Å². The highest BCUT2D eigenvalue weighted by molar-refractivity contribution is 6.35. The molecule has 2 N–H and O–H groups in total. The maximum Gasteiger partial charge on any atom is 0.309 e. The van der Waals surface area contributed by atoms with Crippen molar-refractivity contribution in [3.8, 4) is 0 Å². The Kier molecular flexibility index (Phi) is 7.60. The van der Waals surface area contributed by atoms with E-state index >= 15 is 0 Å². The molecule has 160 valence electrons. The summed E-state index contributed by atoms with van der Waals surface area (Å²) in [4.78, 5) is 29.3. The summed E-state index contributed by atoms with van der Waals surface area (Å²) in [5.41, 5.74) is 4.49. The molecule has 1 unspecified atom stereocenters. The van der Waals surface area contributed by atoms with Gasteiger partial charge in [-0.3, -0.25) is 14.5 Å². The first kappa shape index (κ1) is 22.0. The number of hydrogen-bond acceptors (Lipinski definition) is 4. The molecular formula is C24H32N4O2. The van der Waals surface area contributed by atoms with Crippen molar-refractivity contribution in [1.82, 2.24) is 20.4 Å². The third-order valence-corrected chi connectivity index (χ3v) is 5.68. The van der Waals surface area contributed by atoms with E-state index in [1.165, 1.54) is 5.56 Å². The zero-order valence-corrected chi connectivity index (χ0v) is 18.1. The second kappa shape index (κ2) is 10.4. The monoisotopic (exact) mass is 408 g/mol. The summed E-state index contributed by atoms with van der Waals surface area (Å²) in [5.74, 6) is -1.19. The second-order valence-corrected chi connectivity index (χ2v) is 8.14. The second-order valence-electron chi connectivity index (χ2n) is 8.14. The summed E-state index contributed by atoms with van der Waals surface area (Å²) in [7, 11) is 2.12. The topological polar surface area (TPSA) is 64.7 Å². The zero-order chi connectivity index (χ0) is 21.5. The van der Waals surface area contributed by atoms with Gasteiger partial charge in [0.15, 0.2) is 0 Å². The summed E-state index contributed by atoms with van der Waals surface area (Å²) in [6.45, 7) is 8.68. The largest absolute Gasteiger partial charge is 0.346 e. The van der Waals surface area contributed by atoms with Gasteiger partial charge in [0.05, 0.1) is 6.04 Å². The SMILES string of the molecule is Cc1ccc(CNC(=O)C(=O)NCC(c2ccc(C)cc2)N2CCN(C)CC2)cc1. The fourth-order valence-electron chi connectivity index (χ4n) is 3.62. The van der Waals surface area contributed by atoms with E-state index < -0.39 is 11.8 Å². The number of nitrogens with one attached hydrogen (secondary N) is 2. The van der Waals surface area contributed by atoms with Gasteiger partial charge in [0.2, 0.25) is 0 Å². The number of rotatable bonds is 6. The third-order valence-electron chi connectivity index (χ3n) is 5.68. The number of amides is 2. The average Bonchev–Trinajstić information content (AvgIpc) is 2.75. The number of carbonyl (C=O) groups is 2. The molecule has 3 rings (SSSR count). The Morgan fingerprint density at radius 2 is 1.37 bits per heavy atom. The van der Waals surface area contributed by atoms with Crippen LogP contribution in [0.5, 0.6) is 0 Å². The van der Waals surface area contributed by atoms with Gasteiger partial charge in [-0.1, -0.05) is 59.7 Å². The molecule has 0 radical (unpaired) electrons. The molecule has 2 amide bonds. The molecule has 1 heterocycles. The third kappa shape index (κ3) is 6.15. The Morgan fingerprint density at radius 1 is 0.833 bits per heavy atom. The maximum absolute atomic E-state index is 12.4. The highest BCUT2D eigenvalue weighted by Crippen LogP contribution is 2.22. The number of carbonyl (C=O) groups excluding carboxylic acids is 2. The minimum atomic E-state index is -0.600. The zero-order valence-electron chi connectivity index (χ0n) is 18.1. The number of benzene rings is 2. The molecule has 6 heteroatoms. The molecule has 1 aliphatic heterocycles. The Labute approximate surface area is 179 Å². The van der Waals surface area contributed by atoms with Crippen LogP contribution in [0.1, 0.15) is 28.3 Å². The van der Waals surface area contributed by atoms with E-state index in [-0.39, 0.29) is 6.04 Å². The van der Waals surface area contributed by atoms with Crippen LogP contribution in [-0.4, -0.2) is 61.4 Å². The van der Waals surface area contributed by atoms with Gasteiger partial charge < -0.3 is 15.5 Å². The van der Waals surface area contributed by atoms with E-state index in [0.29, 0.717) is 13.1 Å². The molecule has 2 aromatic carbocycles. The normalized spacial score (nSPS) is 16.1. The van der Waals surface area contributed by atoms with E-state index in [4.69, 9.17) is 0 Å². The van der Waals surface area contributed by atoms with Crippen molar-refractivity contribution in [2.75, 3.05) is 39.8 Å². The van der Waals surface area contributed by atoms with Crippen molar-refractivity contribution >= 4 is 11.8 Å². The minimum absolute atomic E-state index is 0.0492. The van der Waals surface area contributed by atoms with E-state index in [9.17, 15) is 9.59 Å². The molecule has 0 bridgehead atoms. The van der Waals surface area contributed by atoms with Crippen LogP contribution in [0.25, 0.3) is 0 Å². The quantitative estimate of drug-likeness (QED) is 0.718. The molecule has 1 atom stereocenters. The van der Waals surface area contributed by atoms with E-state index in [1.54, 1.807) is 0 Å². The molecule has 0 aromatic heterocycles. The van der Waals surface area contributed by atoms with Gasteiger partial charge in [0.1, 0.15) is 0 Å². The predicted octanol–water partition coefficient (Wildman–Crippen LogP) is 2.02. The van der Waals surface area contributed by atoms with Gasteiger partial charge in [-0.25, -0.2) is 0 Å². The van der Waals surface area contributed by atoms with Gasteiger partial charge in [0.25, 0.3) is 0 Å². The fraction of sp³-hybridized carbons (Fsp3) is 0.417. The van der Waals surface area contributed by atoms with Crippen molar-refractivity contribution < 1.29 is 9.59 Å². The number of likely N-dealkylation sites (N-methyl/N-ethyl adjacent to an activating group) is 1. The molecule has 0 aliphatic carbocycles. The Balaban J connectivity index is 1.58. The molecule has 2 aromatic rings. The first-order chi connectivity index (χ1) is 14.4. The van der Waals surface area contributed by atoms with Gasteiger partial charge in [-0.05, 0) is 32.0 Å². The standard InChI is InChI=1S/C24H32N4O2/c1-18-4-8-20(9-5-18)16-25-23(29)24(30)26-17-22(21-10-6-19(2)7-11-21)28-14-12-27(3)13-15-28/h4-11,22H,12-17H2,1-3H3,(H,25,29)(H,26,30). The van der Waals surface area contributed by atoms with Crippen molar-refractivity contribution in [2.45, 2.75) is 26.4 Å². The lowest BCUT2D eigenvalue weighted by Crippen LogP contribution is -2.49. The van der Waals surface area contributed by atoms with E-state index in [1.807, 2.05) is 31.2 Å². The molecule has 30 heavy (non-hydrogen) atoms. The maximum atomic E-state index is 12.4.